The highest BCUT2D eigenvalue weighted by molar-refractivity contribution is 5.90. The predicted molar refractivity (Wildman–Crippen MR) is 41.8 cm³/mol. The summed E-state index contributed by atoms with van der Waals surface area (Å²) in [7, 11) is 0. The van der Waals surface area contributed by atoms with Crippen LogP contribution >= 0.6 is 0 Å². The van der Waals surface area contributed by atoms with E-state index in [1.165, 1.54) is 18.6 Å². The first-order valence-corrected chi connectivity index (χ1v) is 3.16. The fourth-order valence-corrected chi connectivity index (χ4v) is 0.607. The van der Waals surface area contributed by atoms with Crippen molar-refractivity contribution in [2.45, 2.75) is 0 Å². The highest BCUT2D eigenvalue weighted by Crippen LogP contribution is 1.97. The van der Waals surface area contributed by atoms with E-state index in [0.717, 1.165) is 0 Å². The molecule has 0 saturated carbocycles. The molecule has 0 fully saturated rings. The Morgan fingerprint density at radius 2 is 2.42 bits per heavy atom. The molecule has 0 aliphatic heterocycles. The van der Waals surface area contributed by atoms with Crippen molar-refractivity contribution in [1.29, 1.82) is 0 Å². The highest BCUT2D eigenvalue weighted by atomic mass is 16.4. The summed E-state index contributed by atoms with van der Waals surface area (Å²) < 4.78 is 0. The Labute approximate surface area is 68.6 Å². The maximum absolute atomic E-state index is 10.3. The van der Waals surface area contributed by atoms with Crippen LogP contribution in [0.3, 0.4) is 0 Å². The molecule has 1 heterocycles. The third kappa shape index (κ3) is 2.05. The summed E-state index contributed by atoms with van der Waals surface area (Å²) in [4.78, 5) is 17.7. The molecular formula is C7H7N3O2. The Hall–Kier alpha value is -1.91. The van der Waals surface area contributed by atoms with Crippen LogP contribution in [-0.2, 0) is 4.79 Å². The zero-order valence-corrected chi connectivity index (χ0v) is 6.14. The Morgan fingerprint density at radius 1 is 1.67 bits per heavy atom. The third-order valence-corrected chi connectivity index (χ3v) is 1.16. The third-order valence-electron chi connectivity index (χ3n) is 1.16. The van der Waals surface area contributed by atoms with Gasteiger partial charge in [-0.3, -0.25) is 0 Å². The van der Waals surface area contributed by atoms with Crippen LogP contribution in [-0.4, -0.2) is 21.0 Å². The first kappa shape index (κ1) is 8.19. The maximum atomic E-state index is 10.3. The van der Waals surface area contributed by atoms with Gasteiger partial charge < -0.3 is 10.8 Å². The number of aromatic nitrogens is 2. The van der Waals surface area contributed by atoms with Crippen LogP contribution in [0.25, 0.3) is 6.08 Å². The van der Waals surface area contributed by atoms with Crippen molar-refractivity contribution in [2.24, 2.45) is 5.73 Å². The molecule has 1 aromatic heterocycles. The number of carboxylic acid groups (broad SMARTS) is 1. The van der Waals surface area contributed by atoms with Crippen molar-refractivity contribution >= 4 is 12.0 Å². The maximum Gasteiger partial charge on any atom is 0.351 e. The zero-order chi connectivity index (χ0) is 8.97. The highest BCUT2D eigenvalue weighted by Gasteiger charge is 2.00. The molecular weight excluding hydrogens is 158 g/mol. The molecule has 0 atom stereocenters. The van der Waals surface area contributed by atoms with Crippen molar-refractivity contribution in [3.8, 4) is 0 Å². The normalized spacial score (nSPS) is 11.2. The van der Waals surface area contributed by atoms with E-state index < -0.39 is 5.97 Å². The lowest BCUT2D eigenvalue weighted by molar-refractivity contribution is -0.132. The minimum absolute atomic E-state index is 0.242. The number of nitrogens with zero attached hydrogens (tertiary/aromatic N) is 2. The van der Waals surface area contributed by atoms with E-state index in [1.54, 1.807) is 6.07 Å². The quantitative estimate of drug-likeness (QED) is 0.595. The van der Waals surface area contributed by atoms with Crippen molar-refractivity contribution in [3.05, 3.63) is 30.0 Å². The van der Waals surface area contributed by atoms with Gasteiger partial charge in [0, 0.05) is 6.20 Å². The second-order valence-electron chi connectivity index (χ2n) is 2.04. The molecule has 62 valence electrons. The second-order valence-corrected chi connectivity index (χ2v) is 2.04. The van der Waals surface area contributed by atoms with Crippen LogP contribution in [0.4, 0.5) is 0 Å². The number of aliphatic carboxylic acids is 1. The number of rotatable bonds is 2. The fourth-order valence-electron chi connectivity index (χ4n) is 0.607. The smallest absolute Gasteiger partial charge is 0.351 e. The van der Waals surface area contributed by atoms with Crippen LogP contribution in [0, 0.1) is 0 Å². The van der Waals surface area contributed by atoms with E-state index in [4.69, 9.17) is 10.8 Å². The molecule has 1 aromatic rings. The SMILES string of the molecule is N/C(=C\c1ccncn1)C(=O)O. The zero-order valence-electron chi connectivity index (χ0n) is 6.14. The monoisotopic (exact) mass is 165 g/mol. The number of carbonyl (C=O) groups is 1. The largest absolute Gasteiger partial charge is 0.477 e. The number of nitrogens with two attached hydrogens (primary N) is 1. The average molecular weight is 165 g/mol. The molecule has 0 unspecified atom stereocenters. The van der Waals surface area contributed by atoms with Crippen LogP contribution in [0.5, 0.6) is 0 Å². The number of hydrogen-bond acceptors (Lipinski definition) is 4. The molecule has 12 heavy (non-hydrogen) atoms. The topological polar surface area (TPSA) is 89.1 Å². The first-order chi connectivity index (χ1) is 5.70. The van der Waals surface area contributed by atoms with Gasteiger partial charge in [0.05, 0.1) is 5.69 Å². The lowest BCUT2D eigenvalue weighted by atomic mass is 10.3. The molecule has 1 rings (SSSR count). The van der Waals surface area contributed by atoms with Gasteiger partial charge in [-0.15, -0.1) is 0 Å². The minimum atomic E-state index is -1.16. The molecule has 0 aliphatic carbocycles. The summed E-state index contributed by atoms with van der Waals surface area (Å²) in [6, 6.07) is 1.57. The second kappa shape index (κ2) is 3.47. The summed E-state index contributed by atoms with van der Waals surface area (Å²) in [5.74, 6) is -1.16. The van der Waals surface area contributed by atoms with E-state index in [1.807, 2.05) is 0 Å². The van der Waals surface area contributed by atoms with Crippen molar-refractivity contribution in [1.82, 2.24) is 9.97 Å². The Bertz CT molecular complexity index is 308. The van der Waals surface area contributed by atoms with Gasteiger partial charge in [0.2, 0.25) is 0 Å². The molecule has 0 aliphatic rings. The molecule has 0 saturated heterocycles. The number of hydrogen-bond donors (Lipinski definition) is 2. The first-order valence-electron chi connectivity index (χ1n) is 3.16. The van der Waals surface area contributed by atoms with Crippen LogP contribution in [0.15, 0.2) is 24.3 Å². The summed E-state index contributed by atoms with van der Waals surface area (Å²) in [5, 5.41) is 8.41. The van der Waals surface area contributed by atoms with Crippen molar-refractivity contribution < 1.29 is 9.90 Å². The molecule has 5 heteroatoms. The Morgan fingerprint density at radius 3 is 2.92 bits per heavy atom. The number of carboxylic acids is 1. The molecule has 0 spiro atoms. The Kier molecular flexibility index (Phi) is 2.37. The van der Waals surface area contributed by atoms with Crippen LogP contribution in [0.1, 0.15) is 5.69 Å². The predicted octanol–water partition coefficient (Wildman–Crippen LogP) is -0.139. The fraction of sp³-hybridized carbons (Fsp3) is 0. The van der Waals surface area contributed by atoms with E-state index in [2.05, 4.69) is 9.97 Å². The van der Waals surface area contributed by atoms with Crippen molar-refractivity contribution in [3.63, 3.8) is 0 Å². The standard InChI is InChI=1S/C7H7N3O2/c8-6(7(11)12)3-5-1-2-9-4-10-5/h1-4H,8H2,(H,11,12)/b6-3-. The average Bonchev–Trinajstić information content (AvgIpc) is 2.06. The summed E-state index contributed by atoms with van der Waals surface area (Å²) >= 11 is 0. The minimum Gasteiger partial charge on any atom is -0.477 e. The van der Waals surface area contributed by atoms with Crippen LogP contribution < -0.4 is 5.73 Å². The molecule has 0 radical (unpaired) electrons. The molecule has 0 bridgehead atoms. The lowest BCUT2D eigenvalue weighted by Gasteiger charge is -1.92. The summed E-state index contributed by atoms with van der Waals surface area (Å²) in [5.41, 5.74) is 5.38. The van der Waals surface area contributed by atoms with Gasteiger partial charge in [0.1, 0.15) is 12.0 Å². The van der Waals surface area contributed by atoms with Gasteiger partial charge >= 0.3 is 5.97 Å². The van der Waals surface area contributed by atoms with Gasteiger partial charge in [0.15, 0.2) is 0 Å². The summed E-state index contributed by atoms with van der Waals surface area (Å²) in [6.45, 7) is 0. The van der Waals surface area contributed by atoms with Gasteiger partial charge in [-0.2, -0.15) is 0 Å². The molecule has 5 nitrogen and oxygen atoms in total. The van der Waals surface area contributed by atoms with Crippen LogP contribution in [0.2, 0.25) is 0 Å². The molecule has 0 aromatic carbocycles. The van der Waals surface area contributed by atoms with E-state index in [0.29, 0.717) is 5.69 Å². The van der Waals surface area contributed by atoms with E-state index >= 15 is 0 Å². The van der Waals surface area contributed by atoms with Gasteiger partial charge in [-0.25, -0.2) is 14.8 Å². The van der Waals surface area contributed by atoms with Gasteiger partial charge in [0.25, 0.3) is 0 Å². The molecule has 0 amide bonds. The van der Waals surface area contributed by atoms with Crippen molar-refractivity contribution in [2.75, 3.05) is 0 Å². The van der Waals surface area contributed by atoms with Gasteiger partial charge in [-0.05, 0) is 12.1 Å². The van der Waals surface area contributed by atoms with Gasteiger partial charge in [-0.1, -0.05) is 0 Å². The van der Waals surface area contributed by atoms with E-state index in [-0.39, 0.29) is 5.70 Å². The summed E-state index contributed by atoms with van der Waals surface area (Å²) in [6.07, 6.45) is 4.10. The van der Waals surface area contributed by atoms with E-state index in [9.17, 15) is 4.79 Å². The molecule has 3 N–H and O–H groups in total. The lowest BCUT2D eigenvalue weighted by Crippen LogP contribution is -2.09. The Balaban J connectivity index is 2.89.